The first-order chi connectivity index (χ1) is 10.3. The molecule has 3 rings (SSSR count). The van der Waals surface area contributed by atoms with Crippen molar-refractivity contribution in [1.82, 2.24) is 9.97 Å². The van der Waals surface area contributed by atoms with Gasteiger partial charge in [0.1, 0.15) is 11.6 Å². The summed E-state index contributed by atoms with van der Waals surface area (Å²) in [4.78, 5) is 9.45. The molecule has 0 amide bonds. The molecule has 2 heterocycles. The molecule has 1 N–H and O–H groups in total. The SMILES string of the molecule is CNc1nc(C2CCCOC2)nc(-c2ccccc2)c1Br. The molecular weight excluding hydrogens is 330 g/mol. The summed E-state index contributed by atoms with van der Waals surface area (Å²) in [5, 5.41) is 3.15. The molecule has 1 aliphatic rings. The zero-order valence-electron chi connectivity index (χ0n) is 12.0. The summed E-state index contributed by atoms with van der Waals surface area (Å²) in [6, 6.07) is 10.2. The summed E-state index contributed by atoms with van der Waals surface area (Å²) in [5.41, 5.74) is 2.01. The predicted molar refractivity (Wildman–Crippen MR) is 87.5 cm³/mol. The molecule has 0 saturated carbocycles. The third-order valence-electron chi connectivity index (χ3n) is 3.68. The zero-order chi connectivity index (χ0) is 14.7. The number of rotatable bonds is 3. The van der Waals surface area contributed by atoms with Gasteiger partial charge < -0.3 is 10.1 Å². The lowest BCUT2D eigenvalue weighted by molar-refractivity contribution is 0.0781. The van der Waals surface area contributed by atoms with Gasteiger partial charge in [0.05, 0.1) is 16.8 Å². The molecule has 1 aliphatic heterocycles. The smallest absolute Gasteiger partial charge is 0.144 e. The Kier molecular flexibility index (Phi) is 4.51. The average Bonchev–Trinajstić information content (AvgIpc) is 2.56. The summed E-state index contributed by atoms with van der Waals surface area (Å²) < 4.78 is 6.47. The van der Waals surface area contributed by atoms with E-state index in [4.69, 9.17) is 9.72 Å². The molecule has 5 heteroatoms. The number of nitrogens with one attached hydrogen (secondary N) is 1. The van der Waals surface area contributed by atoms with E-state index < -0.39 is 0 Å². The molecule has 21 heavy (non-hydrogen) atoms. The second-order valence-corrected chi connectivity index (χ2v) is 5.92. The number of halogens is 1. The van der Waals surface area contributed by atoms with E-state index in [0.29, 0.717) is 6.61 Å². The van der Waals surface area contributed by atoms with Crippen LogP contribution in [0.4, 0.5) is 5.82 Å². The fourth-order valence-electron chi connectivity index (χ4n) is 2.54. The molecule has 110 valence electrons. The van der Waals surface area contributed by atoms with Crippen molar-refractivity contribution in [3.05, 3.63) is 40.6 Å². The lowest BCUT2D eigenvalue weighted by Crippen LogP contribution is -2.18. The third kappa shape index (κ3) is 3.09. The second kappa shape index (κ2) is 6.54. The van der Waals surface area contributed by atoms with Crippen LogP contribution in [0.25, 0.3) is 11.3 Å². The van der Waals surface area contributed by atoms with Crippen LogP contribution in [-0.2, 0) is 4.74 Å². The topological polar surface area (TPSA) is 47.0 Å². The fraction of sp³-hybridized carbons (Fsp3) is 0.375. The molecule has 1 unspecified atom stereocenters. The number of aromatic nitrogens is 2. The van der Waals surface area contributed by atoms with Gasteiger partial charge in [-0.3, -0.25) is 0 Å². The molecule has 2 aromatic rings. The highest BCUT2D eigenvalue weighted by atomic mass is 79.9. The van der Waals surface area contributed by atoms with Gasteiger partial charge >= 0.3 is 0 Å². The maximum absolute atomic E-state index is 5.57. The molecule has 0 radical (unpaired) electrons. The number of benzene rings is 1. The van der Waals surface area contributed by atoms with Crippen LogP contribution >= 0.6 is 15.9 Å². The summed E-state index contributed by atoms with van der Waals surface area (Å²) >= 11 is 3.62. The number of nitrogens with zero attached hydrogens (tertiary/aromatic N) is 2. The van der Waals surface area contributed by atoms with Gasteiger partial charge in [-0.2, -0.15) is 0 Å². The van der Waals surface area contributed by atoms with Gasteiger partial charge in [-0.1, -0.05) is 30.3 Å². The quantitative estimate of drug-likeness (QED) is 0.916. The molecule has 0 aliphatic carbocycles. The highest BCUT2D eigenvalue weighted by Crippen LogP contribution is 2.34. The normalized spacial score (nSPS) is 18.5. The van der Waals surface area contributed by atoms with Crippen LogP contribution in [0.3, 0.4) is 0 Å². The minimum atomic E-state index is 0.279. The van der Waals surface area contributed by atoms with Crippen LogP contribution in [0.15, 0.2) is 34.8 Å². The first-order valence-electron chi connectivity index (χ1n) is 7.18. The lowest BCUT2D eigenvalue weighted by Gasteiger charge is -2.22. The number of ether oxygens (including phenoxy) is 1. The van der Waals surface area contributed by atoms with Gasteiger partial charge in [0.15, 0.2) is 0 Å². The third-order valence-corrected chi connectivity index (χ3v) is 4.43. The maximum atomic E-state index is 5.57. The molecule has 1 aromatic heterocycles. The summed E-state index contributed by atoms with van der Waals surface area (Å²) in [6.07, 6.45) is 2.15. The Morgan fingerprint density at radius 3 is 2.71 bits per heavy atom. The van der Waals surface area contributed by atoms with E-state index >= 15 is 0 Å². The van der Waals surface area contributed by atoms with E-state index in [1.54, 1.807) is 0 Å². The largest absolute Gasteiger partial charge is 0.381 e. The minimum Gasteiger partial charge on any atom is -0.381 e. The van der Waals surface area contributed by atoms with Gasteiger partial charge in [0.2, 0.25) is 0 Å². The summed E-state index contributed by atoms with van der Waals surface area (Å²) in [7, 11) is 1.88. The van der Waals surface area contributed by atoms with Gasteiger partial charge in [0, 0.05) is 25.1 Å². The number of hydrogen-bond donors (Lipinski definition) is 1. The second-order valence-electron chi connectivity index (χ2n) is 5.12. The lowest BCUT2D eigenvalue weighted by atomic mass is 10.0. The predicted octanol–water partition coefficient (Wildman–Crippen LogP) is 3.84. The molecule has 1 fully saturated rings. The highest BCUT2D eigenvalue weighted by molar-refractivity contribution is 9.10. The molecule has 1 aromatic carbocycles. The van der Waals surface area contributed by atoms with Crippen LogP contribution in [-0.4, -0.2) is 30.2 Å². The van der Waals surface area contributed by atoms with E-state index in [1.807, 2.05) is 25.2 Å². The molecule has 1 atom stereocenters. The van der Waals surface area contributed by atoms with Crippen LogP contribution in [0.2, 0.25) is 0 Å². The van der Waals surface area contributed by atoms with Crippen molar-refractivity contribution in [2.45, 2.75) is 18.8 Å². The first-order valence-corrected chi connectivity index (χ1v) is 7.97. The van der Waals surface area contributed by atoms with Crippen molar-refractivity contribution >= 4 is 21.7 Å². The van der Waals surface area contributed by atoms with Gasteiger partial charge in [0.25, 0.3) is 0 Å². The maximum Gasteiger partial charge on any atom is 0.144 e. The molecule has 0 bridgehead atoms. The van der Waals surface area contributed by atoms with Crippen LogP contribution in [0, 0.1) is 0 Å². The van der Waals surface area contributed by atoms with Crippen LogP contribution in [0.1, 0.15) is 24.6 Å². The van der Waals surface area contributed by atoms with Crippen molar-refractivity contribution < 1.29 is 4.74 Å². The van der Waals surface area contributed by atoms with Crippen molar-refractivity contribution in [2.24, 2.45) is 0 Å². The molecular formula is C16H18BrN3O. The van der Waals surface area contributed by atoms with E-state index in [-0.39, 0.29) is 5.92 Å². The minimum absolute atomic E-state index is 0.279. The summed E-state index contributed by atoms with van der Waals surface area (Å²) in [6.45, 7) is 1.55. The van der Waals surface area contributed by atoms with Crippen molar-refractivity contribution in [1.29, 1.82) is 0 Å². The van der Waals surface area contributed by atoms with E-state index in [1.165, 1.54) is 0 Å². The highest BCUT2D eigenvalue weighted by Gasteiger charge is 2.22. The fourth-order valence-corrected chi connectivity index (χ4v) is 3.15. The molecule has 4 nitrogen and oxygen atoms in total. The summed E-state index contributed by atoms with van der Waals surface area (Å²) in [5.74, 6) is 1.96. The first kappa shape index (κ1) is 14.5. The van der Waals surface area contributed by atoms with Crippen molar-refractivity contribution in [3.63, 3.8) is 0 Å². The average molecular weight is 348 g/mol. The standard InChI is InChI=1S/C16H18BrN3O/c1-18-16-13(17)14(11-6-3-2-4-7-11)19-15(20-16)12-8-5-9-21-10-12/h2-4,6-7,12H,5,8-10H2,1H3,(H,18,19,20). The molecule has 1 saturated heterocycles. The van der Waals surface area contributed by atoms with E-state index in [9.17, 15) is 0 Å². The number of hydrogen-bond acceptors (Lipinski definition) is 4. The Bertz CT molecular complexity index is 612. The Morgan fingerprint density at radius 1 is 1.24 bits per heavy atom. The zero-order valence-corrected chi connectivity index (χ0v) is 13.6. The van der Waals surface area contributed by atoms with Gasteiger partial charge in [-0.05, 0) is 28.8 Å². The van der Waals surface area contributed by atoms with E-state index in [2.05, 4.69) is 38.4 Å². The number of anilines is 1. The Labute approximate surface area is 133 Å². The molecule has 0 spiro atoms. The Balaban J connectivity index is 2.06. The van der Waals surface area contributed by atoms with Gasteiger partial charge in [-0.25, -0.2) is 9.97 Å². The monoisotopic (exact) mass is 347 g/mol. The Hall–Kier alpha value is -1.46. The van der Waals surface area contributed by atoms with Crippen molar-refractivity contribution in [3.8, 4) is 11.3 Å². The van der Waals surface area contributed by atoms with Crippen molar-refractivity contribution in [2.75, 3.05) is 25.6 Å². The van der Waals surface area contributed by atoms with E-state index in [0.717, 1.165) is 46.8 Å². The Morgan fingerprint density at radius 2 is 2.05 bits per heavy atom. The van der Waals surface area contributed by atoms with Crippen LogP contribution in [0.5, 0.6) is 0 Å². The van der Waals surface area contributed by atoms with Gasteiger partial charge in [-0.15, -0.1) is 0 Å². The van der Waals surface area contributed by atoms with Crippen LogP contribution < -0.4 is 5.32 Å².